The van der Waals surface area contributed by atoms with Gasteiger partial charge >= 0.3 is 0 Å². The first-order valence-corrected chi connectivity index (χ1v) is 55.8. The lowest BCUT2D eigenvalue weighted by Crippen LogP contribution is -2.07. The van der Waals surface area contributed by atoms with Gasteiger partial charge in [-0.2, -0.15) is 0 Å². The van der Waals surface area contributed by atoms with Crippen LogP contribution in [0.2, 0.25) is 0 Å². The van der Waals surface area contributed by atoms with Gasteiger partial charge < -0.3 is 42.6 Å². The van der Waals surface area contributed by atoms with Gasteiger partial charge in [-0.05, 0) is 129 Å². The lowest BCUT2D eigenvalue weighted by Gasteiger charge is -2.18. The summed E-state index contributed by atoms with van der Waals surface area (Å²) in [5, 5.41) is 0. The van der Waals surface area contributed by atoms with Crippen molar-refractivity contribution >= 4 is 36.5 Å². The van der Waals surface area contributed by atoms with Crippen LogP contribution in [-0.2, 0) is 0 Å². The molecule has 1 heterocycles. The molecule has 0 saturated carbocycles. The molecule has 0 bridgehead atoms. The van der Waals surface area contributed by atoms with Crippen molar-refractivity contribution in [2.75, 3.05) is 59.5 Å². The Morgan fingerprint density at radius 3 is 0.395 bits per heavy atom. The molecular formula is C117H201N3O9. The first-order chi connectivity index (χ1) is 63.8. The van der Waals surface area contributed by atoms with Gasteiger partial charge in [-0.15, -0.1) is 0 Å². The van der Waals surface area contributed by atoms with Crippen LogP contribution in [0.1, 0.15) is 559 Å². The van der Waals surface area contributed by atoms with Gasteiger partial charge in [0.05, 0.1) is 59.5 Å². The minimum atomic E-state index is 0.518. The molecule has 0 spiro atoms. The highest BCUT2D eigenvalue weighted by atomic mass is 16.6. The highest BCUT2D eigenvalue weighted by Gasteiger charge is 2.21. The van der Waals surface area contributed by atoms with E-state index in [0.29, 0.717) is 94.2 Å². The Hall–Kier alpha value is -5.91. The minimum Gasteiger partial charge on any atom is -0.490 e. The Bertz CT molecular complexity index is 2790. The van der Waals surface area contributed by atoms with Crippen molar-refractivity contribution in [3.05, 3.63) is 70.6 Å². The van der Waals surface area contributed by atoms with E-state index in [-0.39, 0.29) is 0 Å². The highest BCUT2D eigenvalue weighted by molar-refractivity contribution is 5.75. The van der Waals surface area contributed by atoms with Crippen LogP contribution in [0.3, 0.4) is 0 Å². The molecule has 129 heavy (non-hydrogen) atoms. The summed E-state index contributed by atoms with van der Waals surface area (Å²) in [6, 6.07) is 12.9. The highest BCUT2D eigenvalue weighted by Crippen LogP contribution is 2.44. The Morgan fingerprint density at radius 1 is 0.147 bits per heavy atom. The quantitative estimate of drug-likeness (QED) is 0.0391. The number of rotatable bonds is 96. The molecule has 0 N–H and O–H groups in total. The smallest absolute Gasteiger partial charge is 0.203 e. The molecule has 0 unspecified atom stereocenters. The van der Waals surface area contributed by atoms with Crippen LogP contribution in [0.4, 0.5) is 0 Å². The second kappa shape index (κ2) is 86.2. The first-order valence-electron chi connectivity index (χ1n) is 55.8. The van der Waals surface area contributed by atoms with Crippen molar-refractivity contribution in [1.82, 2.24) is 15.0 Å². The van der Waals surface area contributed by atoms with Gasteiger partial charge in [-0.25, -0.2) is 15.0 Å². The summed E-state index contributed by atoms with van der Waals surface area (Å²) in [6.45, 7) is 26.1. The number of hydrogen-bond acceptors (Lipinski definition) is 12. The third-order valence-corrected chi connectivity index (χ3v) is 25.4. The second-order valence-corrected chi connectivity index (χ2v) is 37.9. The van der Waals surface area contributed by atoms with Crippen LogP contribution >= 0.6 is 0 Å². The van der Waals surface area contributed by atoms with E-state index in [1.165, 1.54) is 347 Å². The van der Waals surface area contributed by atoms with Crippen LogP contribution in [0.15, 0.2) is 36.4 Å². The van der Waals surface area contributed by atoms with Crippen molar-refractivity contribution < 1.29 is 42.6 Å². The van der Waals surface area contributed by atoms with Gasteiger partial charge in [0.25, 0.3) is 0 Å². The van der Waals surface area contributed by atoms with E-state index in [0.717, 1.165) is 167 Å². The summed E-state index contributed by atoms with van der Waals surface area (Å²) in [4.78, 5) is 15.9. The Balaban J connectivity index is 2.00. The molecule has 3 aromatic carbocycles. The summed E-state index contributed by atoms with van der Waals surface area (Å²) in [5.41, 5.74) is 2.77. The fourth-order valence-electron chi connectivity index (χ4n) is 17.1. The molecule has 0 saturated heterocycles. The average Bonchev–Trinajstić information content (AvgIpc) is 0.828. The maximum Gasteiger partial charge on any atom is 0.203 e. The van der Waals surface area contributed by atoms with Crippen LogP contribution < -0.4 is 42.6 Å². The van der Waals surface area contributed by atoms with Crippen LogP contribution in [0.25, 0.3) is 36.5 Å². The van der Waals surface area contributed by atoms with Crippen LogP contribution in [-0.4, -0.2) is 74.4 Å². The van der Waals surface area contributed by atoms with Crippen molar-refractivity contribution in [2.45, 2.75) is 525 Å². The molecule has 0 fully saturated rings. The molecule has 0 aliphatic rings. The van der Waals surface area contributed by atoms with E-state index in [9.17, 15) is 0 Å². The summed E-state index contributed by atoms with van der Waals surface area (Å²) in [7, 11) is 0. The largest absolute Gasteiger partial charge is 0.490 e. The fourth-order valence-corrected chi connectivity index (χ4v) is 17.1. The van der Waals surface area contributed by atoms with E-state index in [4.69, 9.17) is 57.6 Å². The zero-order valence-electron chi connectivity index (χ0n) is 85.7. The zero-order chi connectivity index (χ0) is 91.9. The molecule has 0 amide bonds. The van der Waals surface area contributed by atoms with E-state index in [1.807, 2.05) is 18.2 Å². The van der Waals surface area contributed by atoms with E-state index < -0.39 is 0 Å². The third kappa shape index (κ3) is 62.3. The van der Waals surface area contributed by atoms with E-state index >= 15 is 0 Å². The van der Waals surface area contributed by atoms with Gasteiger partial charge in [0.2, 0.25) is 17.2 Å². The van der Waals surface area contributed by atoms with Gasteiger partial charge in [-0.1, -0.05) is 485 Å². The molecular weight excluding hydrogens is 1590 g/mol. The third-order valence-electron chi connectivity index (χ3n) is 25.4. The maximum atomic E-state index is 6.93. The summed E-state index contributed by atoms with van der Waals surface area (Å²) < 4.78 is 62.3. The topological polar surface area (TPSA) is 122 Å². The number of benzene rings is 3. The number of ether oxygens (including phenoxy) is 9. The standard InChI is InChI=1S/C117H201N3O9/c1-10-19-28-37-46-55-64-73-88-121-106-97-103(98-107(122-89-74-65-56-47-38-29-20-11-2)115(106)127-94-79-70-61-52-43-34-25-16-7)82-85-112-118-113(86-83-104-99-108(123-90-75-66-57-48-39-30-21-12-3)116(128-95-80-71-62-53-44-35-26-17-8)109(100-104)124-91-76-67-58-49-40-31-22-13-4)120-114(119-112)87-84-105-101-110(125-92-77-68-59-50-41-32-23-14-5)117(129-96-81-72-63-54-45-36-27-18-9)111(102-105)126-93-78-69-60-51-42-33-24-15-6/h82-87,97-102H,10-81,88-96H2,1-9H3/b85-82+,86-83+,87-84+. The molecule has 0 radical (unpaired) electrons. The maximum absolute atomic E-state index is 6.93. The monoisotopic (exact) mass is 1790 g/mol. The normalized spacial score (nSPS) is 11.7. The van der Waals surface area contributed by atoms with Gasteiger partial charge in [-0.3, -0.25) is 0 Å². The van der Waals surface area contributed by atoms with Gasteiger partial charge in [0, 0.05) is 0 Å². The molecule has 0 atom stereocenters. The Morgan fingerprint density at radius 2 is 0.264 bits per heavy atom. The minimum absolute atomic E-state index is 0.518. The molecule has 0 aliphatic carbocycles. The lowest BCUT2D eigenvalue weighted by atomic mass is 10.1. The number of aromatic nitrogens is 3. The molecule has 738 valence electrons. The molecule has 0 aliphatic heterocycles. The number of hydrogen-bond donors (Lipinski definition) is 0. The van der Waals surface area contributed by atoms with Crippen molar-refractivity contribution in [3.8, 4) is 51.7 Å². The van der Waals surface area contributed by atoms with Crippen molar-refractivity contribution in [2.24, 2.45) is 0 Å². The Kier molecular flexibility index (Phi) is 77.1. The molecule has 1 aromatic heterocycles. The molecule has 12 nitrogen and oxygen atoms in total. The molecule has 4 aromatic rings. The van der Waals surface area contributed by atoms with Crippen LogP contribution in [0, 0.1) is 0 Å². The summed E-state index contributed by atoms with van der Waals surface area (Å²) in [5.74, 6) is 8.07. The van der Waals surface area contributed by atoms with Crippen molar-refractivity contribution in [1.29, 1.82) is 0 Å². The Labute approximate surface area is 795 Å². The number of unbranched alkanes of at least 4 members (excludes halogenated alkanes) is 63. The van der Waals surface area contributed by atoms with E-state index in [1.54, 1.807) is 0 Å². The van der Waals surface area contributed by atoms with Gasteiger partial charge in [0.15, 0.2) is 52.0 Å². The lowest BCUT2D eigenvalue weighted by molar-refractivity contribution is 0.234. The molecule has 4 rings (SSSR count). The van der Waals surface area contributed by atoms with Crippen LogP contribution in [0.5, 0.6) is 51.7 Å². The number of nitrogens with zero attached hydrogens (tertiary/aromatic N) is 3. The summed E-state index contributed by atoms with van der Waals surface area (Å²) >= 11 is 0. The second-order valence-electron chi connectivity index (χ2n) is 37.9. The predicted molar refractivity (Wildman–Crippen MR) is 559 cm³/mol. The SMILES string of the molecule is CCCCCCCCCCOc1cc(/C=C/c2nc(/C=C/c3cc(OCCCCCCCCCC)c(OCCCCCCCCCC)c(OCCCCCCCCCC)c3)nc(/C=C/c3cc(OCCCCCCCCCC)c(OCCCCCCCCCC)c(OCCCCCCCCCC)c3)n2)cc(OCCCCCCCCCC)c1OCCCCCCCCCC. The fraction of sp³-hybridized carbons (Fsp3) is 0.769. The van der Waals surface area contributed by atoms with E-state index in [2.05, 4.69) is 117 Å². The van der Waals surface area contributed by atoms with Gasteiger partial charge in [0.1, 0.15) is 0 Å². The molecule has 12 heteroatoms. The predicted octanol–water partition coefficient (Wildman–Crippen LogP) is 38.1. The first kappa shape index (κ1) is 115. The van der Waals surface area contributed by atoms with Crippen molar-refractivity contribution in [3.63, 3.8) is 0 Å². The zero-order valence-corrected chi connectivity index (χ0v) is 85.7. The average molecular weight is 1790 g/mol. The summed E-state index contributed by atoms with van der Waals surface area (Å²) in [6.07, 6.45) is 101.